The third-order valence-electron chi connectivity index (χ3n) is 2.31. The Kier molecular flexibility index (Phi) is 6.55. The molecule has 0 fully saturated rings. The molecule has 0 rings (SSSR count). The Balaban J connectivity index is 4.22. The Hall–Kier alpha value is -0.585. The van der Waals surface area contributed by atoms with Gasteiger partial charge in [-0.25, -0.2) is 0 Å². The van der Waals surface area contributed by atoms with Crippen LogP contribution in [0.25, 0.3) is 0 Å². The van der Waals surface area contributed by atoms with E-state index < -0.39 is 19.1 Å². The smallest absolute Gasteiger partial charge is 0.426 e. The zero-order valence-corrected chi connectivity index (χ0v) is 9.60. The second kappa shape index (κ2) is 6.82. The number of hydrogen-bond donors (Lipinski definition) is 4. The highest BCUT2D eigenvalue weighted by Gasteiger charge is 2.27. The average Bonchev–Trinajstić information content (AvgIpc) is 2.15. The molecule has 0 heterocycles. The van der Waals surface area contributed by atoms with Crippen LogP contribution in [0.5, 0.6) is 0 Å². The summed E-state index contributed by atoms with van der Waals surface area (Å²) in [7, 11) is -1.53. The van der Waals surface area contributed by atoms with E-state index in [0.717, 1.165) is 6.42 Å². The minimum atomic E-state index is -1.53. The van der Waals surface area contributed by atoms with Crippen molar-refractivity contribution in [3.8, 4) is 0 Å². The minimum Gasteiger partial charge on any atom is -0.426 e. The van der Waals surface area contributed by atoms with Gasteiger partial charge < -0.3 is 21.1 Å². The van der Waals surface area contributed by atoms with E-state index in [1.807, 2.05) is 20.8 Å². The van der Waals surface area contributed by atoms with Crippen molar-refractivity contribution < 1.29 is 14.8 Å². The van der Waals surface area contributed by atoms with E-state index >= 15 is 0 Å². The summed E-state index contributed by atoms with van der Waals surface area (Å²) < 4.78 is 0. The van der Waals surface area contributed by atoms with Gasteiger partial charge in [0.2, 0.25) is 5.91 Å². The normalized spacial score (nSPS) is 14.9. The molecule has 0 aromatic carbocycles. The molecule has 15 heavy (non-hydrogen) atoms. The van der Waals surface area contributed by atoms with Crippen LogP contribution < -0.4 is 11.1 Å². The topological polar surface area (TPSA) is 95.6 Å². The fourth-order valence-corrected chi connectivity index (χ4v) is 1.19. The number of carbonyl (C=O) groups is 1. The van der Waals surface area contributed by atoms with E-state index in [9.17, 15) is 4.79 Å². The van der Waals surface area contributed by atoms with Crippen molar-refractivity contribution in [3.63, 3.8) is 0 Å². The number of nitrogens with one attached hydrogen (secondary N) is 1. The molecule has 0 aliphatic heterocycles. The summed E-state index contributed by atoms with van der Waals surface area (Å²) in [4.78, 5) is 11.5. The van der Waals surface area contributed by atoms with Crippen molar-refractivity contribution in [3.05, 3.63) is 0 Å². The molecule has 88 valence electrons. The van der Waals surface area contributed by atoms with E-state index in [-0.39, 0.29) is 11.8 Å². The summed E-state index contributed by atoms with van der Waals surface area (Å²) in [5.41, 5.74) is 5.63. The number of hydrogen-bond acceptors (Lipinski definition) is 4. The molecule has 2 atom stereocenters. The lowest BCUT2D eigenvalue weighted by Gasteiger charge is -2.21. The lowest BCUT2D eigenvalue weighted by atomic mass is 9.76. The van der Waals surface area contributed by atoms with Crippen LogP contribution in [0, 0.1) is 5.92 Å². The summed E-state index contributed by atoms with van der Waals surface area (Å²) >= 11 is 0. The van der Waals surface area contributed by atoms with Gasteiger partial charge in [-0.05, 0) is 12.3 Å². The van der Waals surface area contributed by atoms with Gasteiger partial charge >= 0.3 is 7.12 Å². The molecular formula is C9H21BN2O3. The van der Waals surface area contributed by atoms with Gasteiger partial charge in [-0.15, -0.1) is 0 Å². The third-order valence-corrected chi connectivity index (χ3v) is 2.31. The first-order valence-corrected chi connectivity index (χ1v) is 5.32. The fraction of sp³-hybridized carbons (Fsp3) is 0.889. The second-order valence-corrected chi connectivity index (χ2v) is 4.09. The molecule has 6 heteroatoms. The van der Waals surface area contributed by atoms with Crippen molar-refractivity contribution in [1.82, 2.24) is 5.32 Å². The number of carbonyl (C=O) groups excluding carboxylic acids is 1. The summed E-state index contributed by atoms with van der Waals surface area (Å²) in [6, 6.07) is -0.608. The first-order valence-electron chi connectivity index (χ1n) is 5.32. The lowest BCUT2D eigenvalue weighted by Crippen LogP contribution is -2.53. The molecule has 1 amide bonds. The van der Waals surface area contributed by atoms with Crippen LogP contribution in [0.4, 0.5) is 0 Å². The minimum absolute atomic E-state index is 0.0307. The standard InChI is InChI=1S/C9H21BN2O3/c1-4-5-7(10(14)15)12-9(13)8(11)6(2)3/h6-8,14-15H,4-5,11H2,1-3H3,(H,12,13)/t7-,8-/m0/s1. The molecule has 0 aromatic rings. The highest BCUT2D eigenvalue weighted by Crippen LogP contribution is 2.02. The Morgan fingerprint density at radius 1 is 1.47 bits per heavy atom. The molecular weight excluding hydrogens is 195 g/mol. The Labute approximate surface area is 91.2 Å². The SMILES string of the molecule is CCC[C@H](NC(=O)[C@@H](N)C(C)C)B(O)O. The highest BCUT2D eigenvalue weighted by atomic mass is 16.4. The summed E-state index contributed by atoms with van der Waals surface area (Å²) in [6.45, 7) is 5.59. The molecule has 0 aromatic heterocycles. The maximum Gasteiger partial charge on any atom is 0.475 e. The summed E-state index contributed by atoms with van der Waals surface area (Å²) in [6.07, 6.45) is 1.29. The molecule has 0 aliphatic carbocycles. The molecule has 0 aliphatic rings. The first kappa shape index (κ1) is 14.4. The van der Waals surface area contributed by atoms with Crippen LogP contribution in [0.3, 0.4) is 0 Å². The van der Waals surface area contributed by atoms with Crippen LogP contribution in [-0.4, -0.2) is 35.1 Å². The van der Waals surface area contributed by atoms with Crippen LogP contribution in [-0.2, 0) is 4.79 Å². The van der Waals surface area contributed by atoms with Gasteiger partial charge in [0.05, 0.1) is 12.0 Å². The van der Waals surface area contributed by atoms with Crippen molar-refractivity contribution in [2.24, 2.45) is 11.7 Å². The van der Waals surface area contributed by atoms with Gasteiger partial charge in [-0.3, -0.25) is 4.79 Å². The van der Waals surface area contributed by atoms with Crippen molar-refractivity contribution in [2.45, 2.75) is 45.6 Å². The van der Waals surface area contributed by atoms with Crippen molar-refractivity contribution >= 4 is 13.0 Å². The third kappa shape index (κ3) is 5.15. The largest absolute Gasteiger partial charge is 0.475 e. The van der Waals surface area contributed by atoms with Crippen LogP contribution in [0.1, 0.15) is 33.6 Å². The number of rotatable bonds is 6. The quantitative estimate of drug-likeness (QED) is 0.440. The Morgan fingerprint density at radius 2 is 2.00 bits per heavy atom. The molecule has 5 nitrogen and oxygen atoms in total. The maximum absolute atomic E-state index is 11.5. The monoisotopic (exact) mass is 216 g/mol. The van der Waals surface area contributed by atoms with Gasteiger partial charge in [0.25, 0.3) is 0 Å². The number of nitrogens with two attached hydrogens (primary N) is 1. The van der Waals surface area contributed by atoms with Gasteiger partial charge in [0, 0.05) is 0 Å². The van der Waals surface area contributed by atoms with Crippen LogP contribution in [0.15, 0.2) is 0 Å². The summed E-state index contributed by atoms with van der Waals surface area (Å²) in [5.74, 6) is -0.938. The van der Waals surface area contributed by atoms with Gasteiger partial charge in [-0.2, -0.15) is 0 Å². The fourth-order valence-electron chi connectivity index (χ4n) is 1.19. The van der Waals surface area contributed by atoms with Crippen molar-refractivity contribution in [1.29, 1.82) is 0 Å². The molecule has 0 unspecified atom stereocenters. The predicted octanol–water partition coefficient (Wildman–Crippen LogP) is -0.733. The van der Waals surface area contributed by atoms with E-state index in [1.165, 1.54) is 0 Å². The zero-order valence-electron chi connectivity index (χ0n) is 9.60. The van der Waals surface area contributed by atoms with E-state index in [1.54, 1.807) is 0 Å². The highest BCUT2D eigenvalue weighted by molar-refractivity contribution is 6.43. The molecule has 0 radical (unpaired) electrons. The predicted molar refractivity (Wildman–Crippen MR) is 59.8 cm³/mol. The Bertz CT molecular complexity index is 200. The Morgan fingerprint density at radius 3 is 2.33 bits per heavy atom. The molecule has 5 N–H and O–H groups in total. The van der Waals surface area contributed by atoms with E-state index in [4.69, 9.17) is 15.8 Å². The first-order chi connectivity index (χ1) is 6.90. The van der Waals surface area contributed by atoms with E-state index in [2.05, 4.69) is 5.32 Å². The van der Waals surface area contributed by atoms with Gasteiger partial charge in [-0.1, -0.05) is 27.2 Å². The van der Waals surface area contributed by atoms with Crippen LogP contribution in [0.2, 0.25) is 0 Å². The average molecular weight is 216 g/mol. The lowest BCUT2D eigenvalue weighted by molar-refractivity contribution is -0.123. The van der Waals surface area contributed by atoms with Crippen molar-refractivity contribution in [2.75, 3.05) is 0 Å². The van der Waals surface area contributed by atoms with E-state index in [0.29, 0.717) is 6.42 Å². The van der Waals surface area contributed by atoms with Gasteiger partial charge in [0.1, 0.15) is 0 Å². The molecule has 0 bridgehead atoms. The molecule has 0 saturated carbocycles. The maximum atomic E-state index is 11.5. The zero-order chi connectivity index (χ0) is 12.0. The molecule has 0 saturated heterocycles. The molecule has 0 spiro atoms. The second-order valence-electron chi connectivity index (χ2n) is 4.09. The van der Waals surface area contributed by atoms with Gasteiger partial charge in [0.15, 0.2) is 0 Å². The number of amides is 1. The summed E-state index contributed by atoms with van der Waals surface area (Å²) in [5, 5.41) is 20.6. The van der Waals surface area contributed by atoms with Crippen LogP contribution >= 0.6 is 0 Å².